The van der Waals surface area contributed by atoms with Crippen molar-refractivity contribution < 1.29 is 19.2 Å². The highest BCUT2D eigenvalue weighted by Crippen LogP contribution is 2.41. The molecule has 0 aliphatic carbocycles. The van der Waals surface area contributed by atoms with E-state index in [1.807, 2.05) is 0 Å². The molecule has 0 spiro atoms. The number of methoxy groups -OCH3 is 1. The Morgan fingerprint density at radius 3 is 2.56 bits per heavy atom. The van der Waals surface area contributed by atoms with Gasteiger partial charge in [-0.25, -0.2) is 4.90 Å². The third-order valence-electron chi connectivity index (χ3n) is 4.66. The molecule has 8 heteroatoms. The van der Waals surface area contributed by atoms with Gasteiger partial charge in [-0.3, -0.25) is 9.59 Å². The van der Waals surface area contributed by atoms with Gasteiger partial charge in [0.2, 0.25) is 12.0 Å². The minimum atomic E-state index is -1.02. The van der Waals surface area contributed by atoms with Crippen molar-refractivity contribution in [2.24, 2.45) is 11.1 Å². The number of carbonyl (C=O) groups excluding carboxylic acids is 2. The molecule has 2 aliphatic heterocycles. The summed E-state index contributed by atoms with van der Waals surface area (Å²) in [6.07, 6.45) is -1.02. The second-order valence-corrected chi connectivity index (χ2v) is 7.06. The molecule has 0 aromatic heterocycles. The molecule has 6 nitrogen and oxygen atoms in total. The molecule has 27 heavy (non-hydrogen) atoms. The molecule has 1 saturated heterocycles. The topological polar surface area (TPSA) is 68.2 Å². The number of ether oxygens (including phenoxy) is 1. The molecule has 138 valence electrons. The summed E-state index contributed by atoms with van der Waals surface area (Å²) < 4.78 is 5.32. The summed E-state index contributed by atoms with van der Waals surface area (Å²) in [7, 11) is 1.45. The summed E-state index contributed by atoms with van der Waals surface area (Å²) in [5.74, 6) is -1.49. The van der Waals surface area contributed by atoms with Crippen molar-refractivity contribution in [2.75, 3.05) is 12.0 Å². The number of aryl methyl sites for hydroxylation is 1. The Bertz CT molecular complexity index is 1010. The van der Waals surface area contributed by atoms with E-state index in [0.717, 1.165) is 4.90 Å². The highest BCUT2D eigenvalue weighted by Gasteiger charge is 2.56. The average molecular weight is 405 g/mol. The minimum Gasteiger partial charge on any atom is -0.495 e. The van der Waals surface area contributed by atoms with Crippen molar-refractivity contribution in [3.63, 3.8) is 0 Å². The first-order chi connectivity index (χ1) is 12.9. The Morgan fingerprint density at radius 2 is 1.85 bits per heavy atom. The smallest absolute Gasteiger partial charge is 0.279 e. The van der Waals surface area contributed by atoms with Crippen LogP contribution < -0.4 is 9.64 Å². The van der Waals surface area contributed by atoms with Gasteiger partial charge in [-0.2, -0.15) is 0 Å². The maximum absolute atomic E-state index is 13.2. The number of rotatable bonds is 3. The van der Waals surface area contributed by atoms with Gasteiger partial charge in [-0.1, -0.05) is 46.6 Å². The van der Waals surface area contributed by atoms with Crippen molar-refractivity contribution in [3.05, 3.63) is 57.6 Å². The lowest BCUT2D eigenvalue weighted by molar-refractivity contribution is -0.126. The first-order valence-electron chi connectivity index (χ1n) is 8.14. The molecule has 0 N–H and O–H groups in total. The van der Waals surface area contributed by atoms with Crippen LogP contribution in [-0.4, -0.2) is 30.7 Å². The Balaban J connectivity index is 1.77. The van der Waals surface area contributed by atoms with Crippen LogP contribution in [0.1, 0.15) is 11.1 Å². The number of hydrogen-bond donors (Lipinski definition) is 0. The number of amides is 2. The summed E-state index contributed by atoms with van der Waals surface area (Å²) in [4.78, 5) is 32.5. The number of anilines is 1. The zero-order valence-electron chi connectivity index (χ0n) is 14.4. The Labute approximate surface area is 165 Å². The predicted molar refractivity (Wildman–Crippen MR) is 102 cm³/mol. The first-order valence-corrected chi connectivity index (χ1v) is 8.90. The van der Waals surface area contributed by atoms with Crippen LogP contribution in [0.25, 0.3) is 0 Å². The fourth-order valence-corrected chi connectivity index (χ4v) is 3.68. The van der Waals surface area contributed by atoms with Gasteiger partial charge in [-0.15, -0.1) is 0 Å². The van der Waals surface area contributed by atoms with E-state index in [2.05, 4.69) is 5.16 Å². The van der Waals surface area contributed by atoms with Crippen LogP contribution in [0.3, 0.4) is 0 Å². The van der Waals surface area contributed by atoms with Crippen LogP contribution >= 0.6 is 23.2 Å². The Morgan fingerprint density at radius 1 is 1.11 bits per heavy atom. The molecule has 0 unspecified atom stereocenters. The summed E-state index contributed by atoms with van der Waals surface area (Å²) in [5, 5.41) is 4.87. The Kier molecular flexibility index (Phi) is 4.32. The van der Waals surface area contributed by atoms with Gasteiger partial charge in [0.15, 0.2) is 0 Å². The molecule has 2 aromatic carbocycles. The molecule has 2 aromatic rings. The maximum Gasteiger partial charge on any atom is 0.279 e. The molecule has 0 bridgehead atoms. The normalized spacial score (nSPS) is 21.2. The van der Waals surface area contributed by atoms with E-state index in [1.165, 1.54) is 7.11 Å². The van der Waals surface area contributed by atoms with Crippen LogP contribution in [0.4, 0.5) is 5.69 Å². The van der Waals surface area contributed by atoms with Gasteiger partial charge < -0.3 is 9.57 Å². The van der Waals surface area contributed by atoms with Gasteiger partial charge >= 0.3 is 0 Å². The van der Waals surface area contributed by atoms with Crippen molar-refractivity contribution in [3.8, 4) is 5.75 Å². The molecule has 2 atom stereocenters. The lowest BCUT2D eigenvalue weighted by atomic mass is 9.94. The SMILES string of the molecule is COc1cc(Cl)c(C)cc1N1C(=O)[C@H]2C(c3ccccc3Cl)=NO[C@@H]2C1=O. The van der Waals surface area contributed by atoms with Gasteiger partial charge in [0.25, 0.3) is 5.91 Å². The molecule has 2 amide bonds. The molecule has 4 rings (SSSR count). The van der Waals surface area contributed by atoms with Gasteiger partial charge in [-0.05, 0) is 24.6 Å². The molecule has 2 aliphatic rings. The quantitative estimate of drug-likeness (QED) is 0.732. The van der Waals surface area contributed by atoms with E-state index >= 15 is 0 Å². The lowest BCUT2D eigenvalue weighted by Gasteiger charge is -2.19. The number of oxime groups is 1. The lowest BCUT2D eigenvalue weighted by Crippen LogP contribution is -2.33. The molecular weight excluding hydrogens is 391 g/mol. The Hall–Kier alpha value is -2.57. The number of hydrogen-bond acceptors (Lipinski definition) is 5. The fraction of sp³-hybridized carbons (Fsp3) is 0.211. The minimum absolute atomic E-state index is 0.323. The number of carbonyl (C=O) groups is 2. The van der Waals surface area contributed by atoms with Crippen LogP contribution in [0.15, 0.2) is 41.6 Å². The fourth-order valence-electron chi connectivity index (χ4n) is 3.29. The third kappa shape index (κ3) is 2.67. The van der Waals surface area contributed by atoms with E-state index in [9.17, 15) is 9.59 Å². The van der Waals surface area contributed by atoms with Crippen molar-refractivity contribution in [1.82, 2.24) is 0 Å². The van der Waals surface area contributed by atoms with Gasteiger partial charge in [0.1, 0.15) is 17.4 Å². The van der Waals surface area contributed by atoms with Crippen LogP contribution in [0.5, 0.6) is 5.75 Å². The number of imide groups is 1. The second-order valence-electron chi connectivity index (χ2n) is 6.25. The molecule has 0 saturated carbocycles. The highest BCUT2D eigenvalue weighted by molar-refractivity contribution is 6.38. The summed E-state index contributed by atoms with van der Waals surface area (Å²) in [6.45, 7) is 1.78. The molecule has 0 radical (unpaired) electrons. The number of benzene rings is 2. The monoisotopic (exact) mass is 404 g/mol. The second kappa shape index (κ2) is 6.55. The van der Waals surface area contributed by atoms with Gasteiger partial charge in [0.05, 0.1) is 12.8 Å². The van der Waals surface area contributed by atoms with E-state index < -0.39 is 23.8 Å². The predicted octanol–water partition coefficient (Wildman–Crippen LogP) is 3.60. The van der Waals surface area contributed by atoms with Crippen LogP contribution in [0.2, 0.25) is 10.0 Å². The highest BCUT2D eigenvalue weighted by atomic mass is 35.5. The van der Waals surface area contributed by atoms with E-state index in [-0.39, 0.29) is 0 Å². The average Bonchev–Trinajstić information content (AvgIpc) is 3.18. The van der Waals surface area contributed by atoms with E-state index in [0.29, 0.717) is 38.3 Å². The molecule has 1 fully saturated rings. The van der Waals surface area contributed by atoms with Crippen molar-refractivity contribution in [2.45, 2.75) is 13.0 Å². The standard InChI is InChI=1S/C19H14Cl2N2O4/c1-9-7-13(14(26-2)8-12(9)21)23-18(24)15-16(22-27-17(15)19(23)25)10-5-3-4-6-11(10)20/h3-8,15,17H,1-2H3/t15-,17-/m0/s1. The zero-order valence-corrected chi connectivity index (χ0v) is 15.9. The molecule has 2 heterocycles. The van der Waals surface area contributed by atoms with E-state index in [4.69, 9.17) is 32.8 Å². The number of nitrogens with zero attached hydrogens (tertiary/aromatic N) is 2. The third-order valence-corrected chi connectivity index (χ3v) is 5.40. The number of halogens is 2. The first kappa shape index (κ1) is 17.8. The van der Waals surface area contributed by atoms with Crippen molar-refractivity contribution >= 4 is 46.4 Å². The summed E-state index contributed by atoms with van der Waals surface area (Å²) >= 11 is 12.4. The summed E-state index contributed by atoms with van der Waals surface area (Å²) in [5.41, 5.74) is 1.95. The molecular formula is C19H14Cl2N2O4. The van der Waals surface area contributed by atoms with Crippen LogP contribution in [-0.2, 0) is 14.4 Å². The number of fused-ring (bicyclic) bond motifs is 1. The van der Waals surface area contributed by atoms with Gasteiger partial charge in [0, 0.05) is 21.7 Å². The van der Waals surface area contributed by atoms with Crippen LogP contribution in [0, 0.1) is 12.8 Å². The van der Waals surface area contributed by atoms with E-state index in [1.54, 1.807) is 43.3 Å². The maximum atomic E-state index is 13.2. The van der Waals surface area contributed by atoms with Crippen molar-refractivity contribution in [1.29, 1.82) is 0 Å². The largest absolute Gasteiger partial charge is 0.495 e. The summed E-state index contributed by atoms with van der Waals surface area (Å²) in [6, 6.07) is 10.2. The zero-order chi connectivity index (χ0) is 19.3.